The molecule has 0 aliphatic rings. The van der Waals surface area contributed by atoms with E-state index in [0.29, 0.717) is 22.3 Å². The highest BCUT2D eigenvalue weighted by Crippen LogP contribution is 2.27. The predicted molar refractivity (Wildman–Crippen MR) is 99.0 cm³/mol. The second kappa shape index (κ2) is 9.52. The zero-order chi connectivity index (χ0) is 17.4. The molecule has 24 heavy (non-hydrogen) atoms. The SMILES string of the molecule is CCNCc1ccccc1NC(=O)CCOc1ccc(Cl)cc1Cl. The van der Waals surface area contributed by atoms with Gasteiger partial charge < -0.3 is 15.4 Å². The van der Waals surface area contributed by atoms with Crippen molar-refractivity contribution in [2.45, 2.75) is 19.9 Å². The van der Waals surface area contributed by atoms with E-state index >= 15 is 0 Å². The van der Waals surface area contributed by atoms with Crippen molar-refractivity contribution in [1.82, 2.24) is 5.32 Å². The lowest BCUT2D eigenvalue weighted by Gasteiger charge is -2.12. The number of benzene rings is 2. The fourth-order valence-electron chi connectivity index (χ4n) is 2.11. The van der Waals surface area contributed by atoms with Crippen LogP contribution in [0, 0.1) is 0 Å². The van der Waals surface area contributed by atoms with Crippen LogP contribution in [0.15, 0.2) is 42.5 Å². The average Bonchev–Trinajstić information content (AvgIpc) is 2.56. The fraction of sp³-hybridized carbons (Fsp3) is 0.278. The monoisotopic (exact) mass is 366 g/mol. The molecule has 0 radical (unpaired) electrons. The van der Waals surface area contributed by atoms with E-state index in [2.05, 4.69) is 10.6 Å². The maximum atomic E-state index is 12.1. The van der Waals surface area contributed by atoms with Crippen LogP contribution in [-0.2, 0) is 11.3 Å². The molecular weight excluding hydrogens is 347 g/mol. The number of carbonyl (C=O) groups excluding carboxylic acids is 1. The van der Waals surface area contributed by atoms with Crippen molar-refractivity contribution < 1.29 is 9.53 Å². The summed E-state index contributed by atoms with van der Waals surface area (Å²) in [6.45, 7) is 3.87. The van der Waals surface area contributed by atoms with E-state index in [4.69, 9.17) is 27.9 Å². The van der Waals surface area contributed by atoms with Crippen molar-refractivity contribution in [1.29, 1.82) is 0 Å². The highest BCUT2D eigenvalue weighted by Gasteiger charge is 2.08. The Kier molecular flexibility index (Phi) is 7.37. The first-order chi connectivity index (χ1) is 11.6. The second-order valence-electron chi connectivity index (χ2n) is 5.16. The summed E-state index contributed by atoms with van der Waals surface area (Å²) < 4.78 is 5.53. The fourth-order valence-corrected chi connectivity index (χ4v) is 2.58. The first kappa shape index (κ1) is 18.6. The van der Waals surface area contributed by atoms with Gasteiger partial charge in [0.15, 0.2) is 0 Å². The molecule has 2 aromatic rings. The van der Waals surface area contributed by atoms with Gasteiger partial charge in [-0.2, -0.15) is 0 Å². The Labute approximate surface area is 152 Å². The lowest BCUT2D eigenvalue weighted by molar-refractivity contribution is -0.116. The molecule has 0 fully saturated rings. The normalized spacial score (nSPS) is 10.5. The number of halogens is 2. The first-order valence-corrected chi connectivity index (χ1v) is 8.52. The van der Waals surface area contributed by atoms with Gasteiger partial charge in [0.1, 0.15) is 5.75 Å². The van der Waals surface area contributed by atoms with Crippen LogP contribution in [0.4, 0.5) is 5.69 Å². The molecule has 6 heteroatoms. The first-order valence-electron chi connectivity index (χ1n) is 7.76. The van der Waals surface area contributed by atoms with Crippen LogP contribution in [-0.4, -0.2) is 19.1 Å². The van der Waals surface area contributed by atoms with Gasteiger partial charge in [-0.25, -0.2) is 0 Å². The molecule has 0 unspecified atom stereocenters. The summed E-state index contributed by atoms with van der Waals surface area (Å²) in [5.74, 6) is 0.408. The summed E-state index contributed by atoms with van der Waals surface area (Å²) in [6, 6.07) is 12.7. The zero-order valence-electron chi connectivity index (χ0n) is 13.4. The number of hydrogen-bond donors (Lipinski definition) is 2. The van der Waals surface area contributed by atoms with E-state index in [0.717, 1.165) is 17.8 Å². The van der Waals surface area contributed by atoms with Crippen LogP contribution >= 0.6 is 23.2 Å². The molecule has 0 aliphatic carbocycles. The molecule has 1 amide bonds. The minimum atomic E-state index is -0.107. The molecule has 2 aromatic carbocycles. The Morgan fingerprint density at radius 3 is 2.71 bits per heavy atom. The van der Waals surface area contributed by atoms with Crippen molar-refractivity contribution in [3.8, 4) is 5.75 Å². The Morgan fingerprint density at radius 2 is 1.96 bits per heavy atom. The smallest absolute Gasteiger partial charge is 0.227 e. The zero-order valence-corrected chi connectivity index (χ0v) is 15.0. The van der Waals surface area contributed by atoms with Crippen molar-refractivity contribution in [3.05, 3.63) is 58.1 Å². The summed E-state index contributed by atoms with van der Waals surface area (Å²) in [4.78, 5) is 12.1. The van der Waals surface area contributed by atoms with E-state index in [1.165, 1.54) is 0 Å². The standard InChI is InChI=1S/C18H20Cl2N2O2/c1-2-21-12-13-5-3-4-6-16(13)22-18(23)9-10-24-17-8-7-14(19)11-15(17)20/h3-8,11,21H,2,9-10,12H2,1H3,(H,22,23). The van der Waals surface area contributed by atoms with Crippen LogP contribution in [0.5, 0.6) is 5.75 Å². The minimum absolute atomic E-state index is 0.107. The van der Waals surface area contributed by atoms with E-state index in [9.17, 15) is 4.79 Å². The summed E-state index contributed by atoms with van der Waals surface area (Å²) in [5.41, 5.74) is 1.86. The van der Waals surface area contributed by atoms with Crippen molar-refractivity contribution in [2.75, 3.05) is 18.5 Å². The van der Waals surface area contributed by atoms with Crippen LogP contribution in [0.1, 0.15) is 18.9 Å². The largest absolute Gasteiger partial charge is 0.491 e. The molecular formula is C18H20Cl2N2O2. The third kappa shape index (κ3) is 5.71. The quantitative estimate of drug-likeness (QED) is 0.722. The molecule has 0 atom stereocenters. The van der Waals surface area contributed by atoms with Gasteiger partial charge in [-0.05, 0) is 36.4 Å². The summed E-state index contributed by atoms with van der Waals surface area (Å²) in [7, 11) is 0. The van der Waals surface area contributed by atoms with E-state index < -0.39 is 0 Å². The highest BCUT2D eigenvalue weighted by atomic mass is 35.5. The third-order valence-corrected chi connectivity index (χ3v) is 3.87. The van der Waals surface area contributed by atoms with Crippen molar-refractivity contribution in [3.63, 3.8) is 0 Å². The van der Waals surface area contributed by atoms with Gasteiger partial charge in [0, 0.05) is 17.3 Å². The second-order valence-corrected chi connectivity index (χ2v) is 6.00. The Morgan fingerprint density at radius 1 is 1.17 bits per heavy atom. The topological polar surface area (TPSA) is 50.4 Å². The summed E-state index contributed by atoms with van der Waals surface area (Å²) in [5, 5.41) is 7.14. The Balaban J connectivity index is 1.85. The van der Waals surface area contributed by atoms with Gasteiger partial charge in [0.25, 0.3) is 0 Å². The number of anilines is 1. The maximum absolute atomic E-state index is 12.1. The molecule has 2 N–H and O–H groups in total. The predicted octanol–water partition coefficient (Wildman–Crippen LogP) is 4.51. The number of amides is 1. The lowest BCUT2D eigenvalue weighted by atomic mass is 10.1. The number of nitrogens with one attached hydrogen (secondary N) is 2. The summed E-state index contributed by atoms with van der Waals surface area (Å²) in [6.07, 6.45) is 0.231. The molecule has 0 saturated carbocycles. The van der Waals surface area contributed by atoms with E-state index in [-0.39, 0.29) is 18.9 Å². The van der Waals surface area contributed by atoms with Gasteiger partial charge >= 0.3 is 0 Å². The molecule has 128 valence electrons. The third-order valence-electron chi connectivity index (χ3n) is 3.34. The molecule has 2 rings (SSSR count). The van der Waals surface area contributed by atoms with Gasteiger partial charge in [-0.1, -0.05) is 48.3 Å². The Hall–Kier alpha value is -1.75. The summed E-state index contributed by atoms with van der Waals surface area (Å²) >= 11 is 11.9. The molecule has 4 nitrogen and oxygen atoms in total. The van der Waals surface area contributed by atoms with Gasteiger partial charge in [0.2, 0.25) is 5.91 Å². The molecule has 0 aliphatic heterocycles. The number of hydrogen-bond acceptors (Lipinski definition) is 3. The average molecular weight is 367 g/mol. The van der Waals surface area contributed by atoms with Crippen LogP contribution < -0.4 is 15.4 Å². The molecule has 0 bridgehead atoms. The van der Waals surface area contributed by atoms with Crippen LogP contribution in [0.25, 0.3) is 0 Å². The van der Waals surface area contributed by atoms with E-state index in [1.54, 1.807) is 18.2 Å². The van der Waals surface area contributed by atoms with Gasteiger partial charge in [0.05, 0.1) is 18.1 Å². The number of ether oxygens (including phenoxy) is 1. The van der Waals surface area contributed by atoms with Gasteiger partial charge in [-0.15, -0.1) is 0 Å². The number of rotatable bonds is 8. The van der Waals surface area contributed by atoms with Crippen LogP contribution in [0.2, 0.25) is 10.0 Å². The lowest BCUT2D eigenvalue weighted by Crippen LogP contribution is -2.18. The maximum Gasteiger partial charge on any atom is 0.227 e. The van der Waals surface area contributed by atoms with Crippen LogP contribution in [0.3, 0.4) is 0 Å². The molecule has 0 heterocycles. The Bertz CT molecular complexity index is 692. The van der Waals surface area contributed by atoms with E-state index in [1.807, 2.05) is 31.2 Å². The number of para-hydroxylation sites is 1. The highest BCUT2D eigenvalue weighted by molar-refractivity contribution is 6.35. The molecule has 0 spiro atoms. The van der Waals surface area contributed by atoms with Crippen molar-refractivity contribution in [2.24, 2.45) is 0 Å². The molecule has 0 saturated heterocycles. The van der Waals surface area contributed by atoms with Crippen molar-refractivity contribution >= 4 is 34.8 Å². The number of carbonyl (C=O) groups is 1. The minimum Gasteiger partial charge on any atom is -0.491 e. The molecule has 0 aromatic heterocycles. The van der Waals surface area contributed by atoms with Gasteiger partial charge in [-0.3, -0.25) is 4.79 Å².